The Hall–Kier alpha value is -3.10. The van der Waals surface area contributed by atoms with Gasteiger partial charge in [0.25, 0.3) is 0 Å². The molecule has 0 spiro atoms. The molecule has 1 saturated heterocycles. The van der Waals surface area contributed by atoms with Gasteiger partial charge >= 0.3 is 6.09 Å². The van der Waals surface area contributed by atoms with Gasteiger partial charge in [-0.15, -0.1) is 0 Å². The van der Waals surface area contributed by atoms with Crippen molar-refractivity contribution in [3.8, 4) is 0 Å². The highest BCUT2D eigenvalue weighted by Crippen LogP contribution is 2.48. The average molecular weight is 490 g/mol. The number of carbonyl (C=O) groups is 2. The summed E-state index contributed by atoms with van der Waals surface area (Å²) >= 11 is 0. The first-order valence-electron chi connectivity index (χ1n) is 11.7. The van der Waals surface area contributed by atoms with Crippen molar-refractivity contribution in [2.24, 2.45) is 0 Å². The summed E-state index contributed by atoms with van der Waals surface area (Å²) in [6, 6.07) is 10.9. The van der Waals surface area contributed by atoms with E-state index >= 15 is 0 Å². The Balaban J connectivity index is 1.54. The number of alkyl halides is 3. The van der Waals surface area contributed by atoms with Crippen molar-refractivity contribution >= 4 is 12.0 Å². The van der Waals surface area contributed by atoms with Gasteiger partial charge in [0.05, 0.1) is 18.3 Å². The van der Waals surface area contributed by atoms with Crippen LogP contribution in [0.5, 0.6) is 0 Å². The fraction of sp³-hybridized carbons (Fsp3) is 0.500. The van der Waals surface area contributed by atoms with Crippen LogP contribution in [0.3, 0.4) is 0 Å². The summed E-state index contributed by atoms with van der Waals surface area (Å²) in [6.45, 7) is 4.89. The van der Waals surface area contributed by atoms with Crippen LogP contribution < -0.4 is 5.32 Å². The quantitative estimate of drug-likeness (QED) is 0.631. The van der Waals surface area contributed by atoms with E-state index in [9.17, 15) is 22.8 Å². The van der Waals surface area contributed by atoms with E-state index in [1.807, 2.05) is 30.3 Å². The largest absolute Gasteiger partial charge is 0.444 e. The highest BCUT2D eigenvalue weighted by molar-refractivity contribution is 5.87. The minimum Gasteiger partial charge on any atom is -0.444 e. The predicted molar refractivity (Wildman–Crippen MR) is 124 cm³/mol. The van der Waals surface area contributed by atoms with E-state index in [0.717, 1.165) is 16.0 Å². The molecule has 2 fully saturated rings. The molecule has 2 amide bonds. The molecule has 1 aromatic carbocycles. The lowest BCUT2D eigenvalue weighted by atomic mass is 9.77. The standard InChI is InChI=1S/C26H30F3N3O3/c1-25(2,3)35-24(34)32-15-19(27)11-21(32)23(33)31-22(16-7-5-4-6-8-16)20-10-9-17(14-30-20)18-12-26(28,29)13-18/h4-10,14,18-19,21-22H,11-13,15H2,1-3H3,(H,31,33)/t19-,21+,22+/m1/s1. The van der Waals surface area contributed by atoms with Crippen LogP contribution >= 0.6 is 0 Å². The zero-order valence-corrected chi connectivity index (χ0v) is 20.0. The van der Waals surface area contributed by atoms with Crippen LogP contribution in [-0.4, -0.2) is 52.2 Å². The van der Waals surface area contributed by atoms with Gasteiger partial charge in [0.1, 0.15) is 17.8 Å². The number of hydrogen-bond acceptors (Lipinski definition) is 4. The molecule has 1 aliphatic carbocycles. The van der Waals surface area contributed by atoms with E-state index in [1.54, 1.807) is 39.1 Å². The van der Waals surface area contributed by atoms with Gasteiger partial charge in [-0.25, -0.2) is 18.0 Å². The molecule has 2 aliphatic rings. The van der Waals surface area contributed by atoms with E-state index in [1.165, 1.54) is 0 Å². The Kier molecular flexibility index (Phi) is 6.79. The normalized spacial score (nSPS) is 22.9. The lowest BCUT2D eigenvalue weighted by Gasteiger charge is -2.35. The molecule has 1 saturated carbocycles. The van der Waals surface area contributed by atoms with Crippen molar-refractivity contribution in [3.63, 3.8) is 0 Å². The number of nitrogens with one attached hydrogen (secondary N) is 1. The van der Waals surface area contributed by atoms with Crippen molar-refractivity contribution in [2.45, 2.75) is 75.7 Å². The molecule has 4 rings (SSSR count). The highest BCUT2D eigenvalue weighted by atomic mass is 19.3. The number of rotatable bonds is 5. The monoisotopic (exact) mass is 489 g/mol. The fourth-order valence-electron chi connectivity index (χ4n) is 4.49. The lowest BCUT2D eigenvalue weighted by molar-refractivity contribution is -0.126. The van der Waals surface area contributed by atoms with Gasteiger partial charge in [-0.1, -0.05) is 36.4 Å². The number of benzene rings is 1. The Morgan fingerprint density at radius 3 is 2.40 bits per heavy atom. The van der Waals surface area contributed by atoms with Gasteiger partial charge in [-0.2, -0.15) is 0 Å². The number of halogens is 3. The fourth-order valence-corrected chi connectivity index (χ4v) is 4.49. The summed E-state index contributed by atoms with van der Waals surface area (Å²) in [4.78, 5) is 31.5. The van der Waals surface area contributed by atoms with Crippen LogP contribution in [0.15, 0.2) is 48.7 Å². The average Bonchev–Trinajstić information content (AvgIpc) is 3.17. The van der Waals surface area contributed by atoms with Gasteiger partial charge in [0.2, 0.25) is 11.8 Å². The second-order valence-corrected chi connectivity index (χ2v) is 10.3. The van der Waals surface area contributed by atoms with E-state index in [2.05, 4.69) is 10.3 Å². The Morgan fingerprint density at radius 2 is 1.83 bits per heavy atom. The number of carbonyl (C=O) groups excluding carboxylic acids is 2. The molecule has 1 aromatic heterocycles. The van der Waals surface area contributed by atoms with Gasteiger partial charge in [-0.05, 0) is 43.9 Å². The minimum atomic E-state index is -2.63. The molecular formula is C26H30F3N3O3. The van der Waals surface area contributed by atoms with Crippen LogP contribution in [0, 0.1) is 0 Å². The van der Waals surface area contributed by atoms with Crippen LogP contribution in [0.2, 0.25) is 0 Å². The topological polar surface area (TPSA) is 71.5 Å². The third-order valence-electron chi connectivity index (χ3n) is 6.27. The van der Waals surface area contributed by atoms with Crippen molar-refractivity contribution in [1.82, 2.24) is 15.2 Å². The summed E-state index contributed by atoms with van der Waals surface area (Å²) in [5, 5.41) is 2.91. The summed E-state index contributed by atoms with van der Waals surface area (Å²) < 4.78 is 46.2. The number of amides is 2. The second kappa shape index (κ2) is 9.51. The van der Waals surface area contributed by atoms with E-state index in [-0.39, 0.29) is 31.7 Å². The number of pyridine rings is 1. The summed E-state index contributed by atoms with van der Waals surface area (Å²) in [5.74, 6) is -3.38. The molecule has 9 heteroatoms. The second-order valence-electron chi connectivity index (χ2n) is 10.3. The molecular weight excluding hydrogens is 459 g/mol. The summed E-state index contributed by atoms with van der Waals surface area (Å²) in [6.07, 6.45) is -1.04. The first-order valence-corrected chi connectivity index (χ1v) is 11.7. The van der Waals surface area contributed by atoms with Crippen LogP contribution in [0.1, 0.15) is 68.8 Å². The van der Waals surface area contributed by atoms with Crippen molar-refractivity contribution < 1.29 is 27.5 Å². The van der Waals surface area contributed by atoms with E-state index < -0.39 is 41.8 Å². The molecule has 35 heavy (non-hydrogen) atoms. The van der Waals surface area contributed by atoms with Crippen LogP contribution in [0.4, 0.5) is 18.0 Å². The maximum absolute atomic E-state index is 14.3. The zero-order chi connectivity index (χ0) is 25.4. The van der Waals surface area contributed by atoms with E-state index in [4.69, 9.17) is 4.74 Å². The molecule has 0 bridgehead atoms. The molecule has 0 radical (unpaired) electrons. The van der Waals surface area contributed by atoms with Gasteiger partial charge in [0, 0.05) is 25.5 Å². The van der Waals surface area contributed by atoms with Crippen molar-refractivity contribution in [3.05, 3.63) is 65.5 Å². The van der Waals surface area contributed by atoms with Gasteiger partial charge < -0.3 is 10.1 Å². The molecule has 2 heterocycles. The maximum atomic E-state index is 14.3. The first kappa shape index (κ1) is 25.0. The Morgan fingerprint density at radius 1 is 1.14 bits per heavy atom. The molecule has 1 N–H and O–H groups in total. The summed E-state index contributed by atoms with van der Waals surface area (Å²) in [7, 11) is 0. The Bertz CT molecular complexity index is 1050. The van der Waals surface area contributed by atoms with Crippen LogP contribution in [-0.2, 0) is 9.53 Å². The summed E-state index contributed by atoms with van der Waals surface area (Å²) in [5.41, 5.74) is 1.20. The van der Waals surface area contributed by atoms with Crippen molar-refractivity contribution in [1.29, 1.82) is 0 Å². The third kappa shape index (κ3) is 5.94. The number of nitrogens with zero attached hydrogens (tertiary/aromatic N) is 2. The lowest BCUT2D eigenvalue weighted by Crippen LogP contribution is -2.48. The molecule has 2 aromatic rings. The molecule has 6 nitrogen and oxygen atoms in total. The van der Waals surface area contributed by atoms with E-state index in [0.29, 0.717) is 5.69 Å². The van der Waals surface area contributed by atoms with Crippen LogP contribution in [0.25, 0.3) is 0 Å². The van der Waals surface area contributed by atoms with Crippen molar-refractivity contribution in [2.75, 3.05) is 6.54 Å². The predicted octanol–water partition coefficient (Wildman–Crippen LogP) is 5.15. The molecule has 188 valence electrons. The third-order valence-corrected chi connectivity index (χ3v) is 6.27. The molecule has 1 aliphatic heterocycles. The SMILES string of the molecule is CC(C)(C)OC(=O)N1C[C@H](F)C[C@H]1C(=O)N[C@@H](c1ccccc1)c1ccc(C2CC(F)(F)C2)cn1. The molecule has 3 atom stereocenters. The zero-order valence-electron chi connectivity index (χ0n) is 20.0. The highest BCUT2D eigenvalue weighted by Gasteiger charge is 2.46. The maximum Gasteiger partial charge on any atom is 0.411 e. The minimum absolute atomic E-state index is 0.130. The van der Waals surface area contributed by atoms with Gasteiger partial charge in [-0.3, -0.25) is 14.7 Å². The molecule has 0 unspecified atom stereocenters. The number of likely N-dealkylation sites (tertiary alicyclic amines) is 1. The number of aromatic nitrogens is 1. The van der Waals surface area contributed by atoms with Gasteiger partial charge in [0.15, 0.2) is 0 Å². The smallest absolute Gasteiger partial charge is 0.411 e. The first-order chi connectivity index (χ1) is 16.4. The number of ether oxygens (including phenoxy) is 1. The Labute approximate surface area is 202 Å². The number of hydrogen-bond donors (Lipinski definition) is 1.